The number of hydrogen-bond acceptors (Lipinski definition) is 2. The number of carboxylic acids is 2. The van der Waals surface area contributed by atoms with Gasteiger partial charge in [0.15, 0.2) is 0 Å². The lowest BCUT2D eigenvalue weighted by Crippen LogP contribution is -2.24. The molecule has 27 heavy (non-hydrogen) atoms. The van der Waals surface area contributed by atoms with Crippen LogP contribution < -0.4 is 0 Å². The molecule has 2 N–H and O–H groups in total. The summed E-state index contributed by atoms with van der Waals surface area (Å²) in [4.78, 5) is 24.1. The standard InChI is InChI=1S/C23H20O4/c1-23(2,16-11-7-4-8-12-16)18-14-13-17(21(24)25)19(20(18)22(26)27)15-9-5-3-6-10-15/h3-14H,1-2H3,(H,24,25)(H,26,27). The first kappa shape index (κ1) is 18.4. The molecule has 0 heterocycles. The molecule has 0 aliphatic carbocycles. The quantitative estimate of drug-likeness (QED) is 0.666. The molecule has 3 aromatic rings. The van der Waals surface area contributed by atoms with Crippen molar-refractivity contribution in [3.8, 4) is 11.1 Å². The van der Waals surface area contributed by atoms with Crippen molar-refractivity contribution >= 4 is 11.9 Å². The summed E-state index contributed by atoms with van der Waals surface area (Å²) < 4.78 is 0. The molecule has 0 radical (unpaired) electrons. The van der Waals surface area contributed by atoms with Gasteiger partial charge in [0, 0.05) is 11.0 Å². The Balaban J connectivity index is 2.38. The van der Waals surface area contributed by atoms with E-state index in [1.807, 2.05) is 50.2 Å². The zero-order valence-electron chi connectivity index (χ0n) is 15.1. The Kier molecular flexibility index (Phi) is 4.82. The normalized spacial score (nSPS) is 11.2. The molecular formula is C23H20O4. The highest BCUT2D eigenvalue weighted by Gasteiger charge is 2.32. The van der Waals surface area contributed by atoms with Crippen LogP contribution in [0.25, 0.3) is 11.1 Å². The number of carboxylic acid groups (broad SMARTS) is 2. The van der Waals surface area contributed by atoms with Crippen molar-refractivity contribution in [2.24, 2.45) is 0 Å². The number of rotatable bonds is 5. The van der Waals surface area contributed by atoms with Gasteiger partial charge in [0.25, 0.3) is 0 Å². The molecule has 0 saturated heterocycles. The van der Waals surface area contributed by atoms with Crippen molar-refractivity contribution in [1.82, 2.24) is 0 Å². The van der Waals surface area contributed by atoms with Crippen LogP contribution in [0, 0.1) is 0 Å². The van der Waals surface area contributed by atoms with Crippen molar-refractivity contribution < 1.29 is 19.8 Å². The molecule has 0 aliphatic rings. The number of hydrogen-bond donors (Lipinski definition) is 2. The molecule has 0 amide bonds. The Bertz CT molecular complexity index is 990. The zero-order chi connectivity index (χ0) is 19.6. The van der Waals surface area contributed by atoms with Crippen LogP contribution in [0.3, 0.4) is 0 Å². The zero-order valence-corrected chi connectivity index (χ0v) is 15.1. The predicted molar refractivity (Wildman–Crippen MR) is 104 cm³/mol. The van der Waals surface area contributed by atoms with Crippen molar-refractivity contribution in [2.75, 3.05) is 0 Å². The van der Waals surface area contributed by atoms with E-state index in [0.717, 1.165) is 5.56 Å². The van der Waals surface area contributed by atoms with Crippen LogP contribution in [0.2, 0.25) is 0 Å². The first-order valence-corrected chi connectivity index (χ1v) is 8.59. The second kappa shape index (κ2) is 7.08. The van der Waals surface area contributed by atoms with E-state index in [9.17, 15) is 19.8 Å². The average Bonchev–Trinajstić information content (AvgIpc) is 2.68. The molecule has 0 spiro atoms. The first-order chi connectivity index (χ1) is 12.8. The van der Waals surface area contributed by atoms with Gasteiger partial charge in [0.2, 0.25) is 0 Å². The summed E-state index contributed by atoms with van der Waals surface area (Å²) in [5.74, 6) is -2.30. The molecule has 0 unspecified atom stereocenters. The lowest BCUT2D eigenvalue weighted by Gasteiger charge is -2.29. The lowest BCUT2D eigenvalue weighted by atomic mass is 9.74. The second-order valence-corrected chi connectivity index (χ2v) is 6.88. The van der Waals surface area contributed by atoms with Gasteiger partial charge in [0.05, 0.1) is 11.1 Å². The molecule has 3 rings (SSSR count). The second-order valence-electron chi connectivity index (χ2n) is 6.88. The molecule has 3 aromatic carbocycles. The third-order valence-corrected chi connectivity index (χ3v) is 4.88. The smallest absolute Gasteiger partial charge is 0.336 e. The van der Waals surface area contributed by atoms with Crippen molar-refractivity contribution in [2.45, 2.75) is 19.3 Å². The van der Waals surface area contributed by atoms with Crippen molar-refractivity contribution in [1.29, 1.82) is 0 Å². The van der Waals surface area contributed by atoms with Gasteiger partial charge in [-0.15, -0.1) is 0 Å². The van der Waals surface area contributed by atoms with Crippen LogP contribution in [-0.4, -0.2) is 22.2 Å². The van der Waals surface area contributed by atoms with Crippen LogP contribution >= 0.6 is 0 Å². The Morgan fingerprint density at radius 1 is 0.741 bits per heavy atom. The summed E-state index contributed by atoms with van der Waals surface area (Å²) in [5, 5.41) is 19.7. The first-order valence-electron chi connectivity index (χ1n) is 8.59. The molecule has 0 fully saturated rings. The van der Waals surface area contributed by atoms with Crippen LogP contribution in [0.5, 0.6) is 0 Å². The molecule has 0 aliphatic heterocycles. The third kappa shape index (κ3) is 3.34. The summed E-state index contributed by atoms with van der Waals surface area (Å²) >= 11 is 0. The van der Waals surface area contributed by atoms with Gasteiger partial charge in [0.1, 0.15) is 0 Å². The molecule has 4 heteroatoms. The minimum absolute atomic E-state index is 0.0220. The summed E-state index contributed by atoms with van der Waals surface area (Å²) in [6.45, 7) is 3.89. The Labute approximate surface area is 157 Å². The van der Waals surface area contributed by atoms with Gasteiger partial charge in [-0.2, -0.15) is 0 Å². The van der Waals surface area contributed by atoms with Gasteiger partial charge in [-0.3, -0.25) is 0 Å². The number of carbonyl (C=O) groups is 2. The van der Waals surface area contributed by atoms with E-state index >= 15 is 0 Å². The van der Waals surface area contributed by atoms with Crippen LogP contribution in [-0.2, 0) is 5.41 Å². The van der Waals surface area contributed by atoms with Gasteiger partial charge in [-0.05, 0) is 22.8 Å². The highest BCUT2D eigenvalue weighted by Crippen LogP contribution is 2.39. The SMILES string of the molecule is CC(C)(c1ccccc1)c1ccc(C(=O)O)c(-c2ccccc2)c1C(=O)O. The van der Waals surface area contributed by atoms with E-state index < -0.39 is 17.4 Å². The molecule has 136 valence electrons. The number of aromatic carboxylic acids is 2. The van der Waals surface area contributed by atoms with E-state index in [-0.39, 0.29) is 16.7 Å². The molecule has 0 saturated carbocycles. The average molecular weight is 360 g/mol. The van der Waals surface area contributed by atoms with E-state index in [2.05, 4.69) is 0 Å². The maximum atomic E-state index is 12.3. The fraction of sp³-hybridized carbons (Fsp3) is 0.130. The van der Waals surface area contributed by atoms with Crippen molar-refractivity contribution in [3.05, 3.63) is 95.1 Å². The van der Waals surface area contributed by atoms with Gasteiger partial charge in [-0.1, -0.05) is 80.6 Å². The lowest BCUT2D eigenvalue weighted by molar-refractivity contribution is 0.0694. The number of benzene rings is 3. The maximum Gasteiger partial charge on any atom is 0.336 e. The fourth-order valence-electron chi connectivity index (χ4n) is 3.44. The fourth-order valence-corrected chi connectivity index (χ4v) is 3.44. The molecule has 4 nitrogen and oxygen atoms in total. The Hall–Kier alpha value is -3.40. The monoisotopic (exact) mass is 360 g/mol. The van der Waals surface area contributed by atoms with Gasteiger partial charge >= 0.3 is 11.9 Å². The summed E-state index contributed by atoms with van der Waals surface area (Å²) in [6.07, 6.45) is 0. The van der Waals surface area contributed by atoms with E-state index in [1.54, 1.807) is 30.3 Å². The predicted octanol–water partition coefficient (Wildman–Crippen LogP) is 5.08. The van der Waals surface area contributed by atoms with Crippen molar-refractivity contribution in [3.63, 3.8) is 0 Å². The minimum Gasteiger partial charge on any atom is -0.478 e. The highest BCUT2D eigenvalue weighted by molar-refractivity contribution is 6.06. The minimum atomic E-state index is -1.15. The summed E-state index contributed by atoms with van der Waals surface area (Å²) in [6, 6.07) is 21.5. The Morgan fingerprint density at radius 3 is 1.81 bits per heavy atom. The van der Waals surface area contributed by atoms with E-state index in [0.29, 0.717) is 11.1 Å². The molecule has 0 atom stereocenters. The van der Waals surface area contributed by atoms with E-state index in [1.165, 1.54) is 6.07 Å². The summed E-state index contributed by atoms with van der Waals surface area (Å²) in [5.41, 5.74) is 1.71. The van der Waals surface area contributed by atoms with E-state index in [4.69, 9.17) is 0 Å². The Morgan fingerprint density at radius 2 is 1.30 bits per heavy atom. The van der Waals surface area contributed by atoms with Gasteiger partial charge < -0.3 is 10.2 Å². The molecule has 0 aromatic heterocycles. The largest absolute Gasteiger partial charge is 0.478 e. The van der Waals surface area contributed by atoms with Crippen LogP contribution in [0.1, 0.15) is 45.7 Å². The van der Waals surface area contributed by atoms with Gasteiger partial charge in [-0.25, -0.2) is 9.59 Å². The highest BCUT2D eigenvalue weighted by atomic mass is 16.4. The maximum absolute atomic E-state index is 12.3. The topological polar surface area (TPSA) is 74.6 Å². The molecule has 0 bridgehead atoms. The summed E-state index contributed by atoms with van der Waals surface area (Å²) in [7, 11) is 0. The van der Waals surface area contributed by atoms with Crippen LogP contribution in [0.4, 0.5) is 0 Å². The van der Waals surface area contributed by atoms with Crippen LogP contribution in [0.15, 0.2) is 72.8 Å². The third-order valence-electron chi connectivity index (χ3n) is 4.88. The molecular weight excluding hydrogens is 340 g/mol.